The molecule has 2 amide bonds. The number of hydrogen-bond donors (Lipinski definition) is 3. The number of nitrogens with two attached hydrogens (primary N) is 1. The molecule has 1 aromatic heterocycles. The van der Waals surface area contributed by atoms with Crippen LogP contribution in [0.5, 0.6) is 0 Å². The molecule has 0 saturated heterocycles. The van der Waals surface area contributed by atoms with Gasteiger partial charge in [-0.3, -0.25) is 14.6 Å². The van der Waals surface area contributed by atoms with Crippen LogP contribution in [0.1, 0.15) is 32.3 Å². The number of pyridine rings is 1. The maximum Gasteiger partial charge on any atom is 0.246 e. The Bertz CT molecular complexity index is 1070. The van der Waals surface area contributed by atoms with Crippen LogP contribution in [-0.2, 0) is 16.0 Å². The maximum atomic E-state index is 13.2. The number of hydrogen-bond acceptors (Lipinski definition) is 4. The van der Waals surface area contributed by atoms with Crippen molar-refractivity contribution < 1.29 is 9.59 Å². The summed E-state index contributed by atoms with van der Waals surface area (Å²) in [7, 11) is 0. The molecule has 168 valence electrons. The van der Waals surface area contributed by atoms with E-state index < -0.39 is 12.1 Å². The maximum absolute atomic E-state index is 13.2. The third-order valence-corrected chi connectivity index (χ3v) is 5.46. The Hall–Kier alpha value is -2.96. The molecule has 0 bridgehead atoms. The first kappa shape index (κ1) is 23.7. The van der Waals surface area contributed by atoms with Gasteiger partial charge >= 0.3 is 0 Å². The highest BCUT2D eigenvalue weighted by molar-refractivity contribution is 6.31. The topological polar surface area (TPSA) is 97.1 Å². The molecule has 0 aliphatic heterocycles. The summed E-state index contributed by atoms with van der Waals surface area (Å²) >= 11 is 6.06. The number of amides is 2. The van der Waals surface area contributed by atoms with Gasteiger partial charge in [0.05, 0.1) is 17.2 Å². The summed E-state index contributed by atoms with van der Waals surface area (Å²) < 4.78 is 0. The zero-order valence-corrected chi connectivity index (χ0v) is 19.1. The Morgan fingerprint density at radius 2 is 1.81 bits per heavy atom. The van der Waals surface area contributed by atoms with Crippen molar-refractivity contribution in [3.63, 3.8) is 0 Å². The second-order valence-corrected chi connectivity index (χ2v) is 8.77. The zero-order valence-electron chi connectivity index (χ0n) is 18.3. The van der Waals surface area contributed by atoms with Crippen molar-refractivity contribution in [3.8, 4) is 0 Å². The van der Waals surface area contributed by atoms with Crippen molar-refractivity contribution in [2.75, 3.05) is 5.32 Å². The molecule has 6 nitrogen and oxygen atoms in total. The Labute approximate surface area is 193 Å². The number of aryl methyl sites for hydroxylation is 1. The number of fused-ring (bicyclic) bond motifs is 1. The lowest BCUT2D eigenvalue weighted by Gasteiger charge is -2.22. The van der Waals surface area contributed by atoms with E-state index in [1.54, 1.807) is 24.4 Å². The molecule has 0 spiro atoms. The second-order valence-electron chi connectivity index (χ2n) is 8.33. The summed E-state index contributed by atoms with van der Waals surface area (Å²) in [5.74, 6) is -0.339. The molecular weight excluding hydrogens is 424 g/mol. The van der Waals surface area contributed by atoms with Gasteiger partial charge < -0.3 is 16.4 Å². The van der Waals surface area contributed by atoms with Crippen molar-refractivity contribution in [2.45, 2.75) is 45.2 Å². The van der Waals surface area contributed by atoms with E-state index in [-0.39, 0.29) is 17.7 Å². The van der Waals surface area contributed by atoms with E-state index in [1.165, 1.54) is 0 Å². The quantitative estimate of drug-likeness (QED) is 0.450. The van der Waals surface area contributed by atoms with E-state index in [0.717, 1.165) is 10.9 Å². The van der Waals surface area contributed by atoms with Gasteiger partial charge in [0, 0.05) is 16.6 Å². The van der Waals surface area contributed by atoms with Gasteiger partial charge in [-0.15, -0.1) is 0 Å². The molecule has 2 aromatic carbocycles. The molecule has 4 N–H and O–H groups in total. The summed E-state index contributed by atoms with van der Waals surface area (Å²) in [5.41, 5.74) is 8.44. The van der Waals surface area contributed by atoms with Crippen molar-refractivity contribution in [1.82, 2.24) is 10.3 Å². The second kappa shape index (κ2) is 11.1. The number of benzene rings is 2. The minimum Gasteiger partial charge on any atom is -0.343 e. The van der Waals surface area contributed by atoms with E-state index in [9.17, 15) is 9.59 Å². The Balaban J connectivity index is 1.78. The van der Waals surface area contributed by atoms with Crippen molar-refractivity contribution >= 4 is 40.0 Å². The number of aromatic nitrogens is 1. The van der Waals surface area contributed by atoms with Gasteiger partial charge in [-0.2, -0.15) is 0 Å². The lowest BCUT2D eigenvalue weighted by Crippen LogP contribution is -2.50. The van der Waals surface area contributed by atoms with E-state index >= 15 is 0 Å². The monoisotopic (exact) mass is 452 g/mol. The highest BCUT2D eigenvalue weighted by Crippen LogP contribution is 2.24. The van der Waals surface area contributed by atoms with E-state index in [4.69, 9.17) is 17.3 Å². The van der Waals surface area contributed by atoms with Crippen molar-refractivity contribution in [1.29, 1.82) is 0 Å². The van der Waals surface area contributed by atoms with Gasteiger partial charge in [-0.1, -0.05) is 55.8 Å². The van der Waals surface area contributed by atoms with Gasteiger partial charge in [0.2, 0.25) is 11.8 Å². The van der Waals surface area contributed by atoms with Gasteiger partial charge in [0.25, 0.3) is 0 Å². The largest absolute Gasteiger partial charge is 0.343 e. The lowest BCUT2D eigenvalue weighted by molar-refractivity contribution is -0.127. The first-order valence-corrected chi connectivity index (χ1v) is 11.2. The highest BCUT2D eigenvalue weighted by atomic mass is 35.5. The van der Waals surface area contributed by atoms with Crippen LogP contribution < -0.4 is 16.4 Å². The van der Waals surface area contributed by atoms with Gasteiger partial charge in [0.1, 0.15) is 6.04 Å². The fraction of sp³-hybridized carbons (Fsp3) is 0.320. The van der Waals surface area contributed by atoms with Crippen LogP contribution >= 0.6 is 11.6 Å². The standard InChI is InChI=1S/C25H29ClN4O2/c1-16(2)14-20(27)24(31)30-22(11-8-17-6-4-3-5-7-17)25(32)29-21-12-13-28-23-15-18(26)9-10-19(21)23/h3-7,9-10,12-13,15-16,20,22H,8,11,14,27H2,1-2H3,(H,30,31)(H,28,29,32)/t20-,22-/m1/s1. The predicted molar refractivity (Wildman–Crippen MR) is 130 cm³/mol. The fourth-order valence-electron chi connectivity index (χ4n) is 3.57. The molecule has 2 atom stereocenters. The number of nitrogens with one attached hydrogen (secondary N) is 2. The third-order valence-electron chi connectivity index (χ3n) is 5.22. The molecule has 1 heterocycles. The summed E-state index contributed by atoms with van der Waals surface area (Å²) in [6, 6.07) is 15.5. The number of carbonyl (C=O) groups is 2. The number of halogens is 1. The average molecular weight is 453 g/mol. The highest BCUT2D eigenvalue weighted by Gasteiger charge is 2.24. The summed E-state index contributed by atoms with van der Waals surface area (Å²) in [4.78, 5) is 30.2. The molecule has 0 unspecified atom stereocenters. The van der Waals surface area contributed by atoms with E-state index in [1.807, 2.05) is 50.2 Å². The van der Waals surface area contributed by atoms with E-state index in [0.29, 0.717) is 35.5 Å². The van der Waals surface area contributed by atoms with Crippen molar-refractivity contribution in [3.05, 3.63) is 71.4 Å². The molecular formula is C25H29ClN4O2. The molecule has 3 aromatic rings. The number of nitrogens with zero attached hydrogens (tertiary/aromatic N) is 1. The Morgan fingerprint density at radius 1 is 1.06 bits per heavy atom. The van der Waals surface area contributed by atoms with Crippen LogP contribution in [0.2, 0.25) is 5.02 Å². The van der Waals surface area contributed by atoms with Crippen LogP contribution in [0.3, 0.4) is 0 Å². The fourth-order valence-corrected chi connectivity index (χ4v) is 3.73. The van der Waals surface area contributed by atoms with Gasteiger partial charge in [-0.05, 0) is 55.0 Å². The zero-order chi connectivity index (χ0) is 23.1. The van der Waals surface area contributed by atoms with E-state index in [2.05, 4.69) is 15.6 Å². The molecule has 7 heteroatoms. The van der Waals surface area contributed by atoms with Crippen LogP contribution in [0.4, 0.5) is 5.69 Å². The van der Waals surface area contributed by atoms with Gasteiger partial charge in [0.15, 0.2) is 0 Å². The number of rotatable bonds is 9. The first-order chi connectivity index (χ1) is 15.3. The van der Waals surface area contributed by atoms with Crippen LogP contribution in [0.15, 0.2) is 60.8 Å². The SMILES string of the molecule is CC(C)C[C@@H](N)C(=O)N[C@H](CCc1ccccc1)C(=O)Nc1ccnc2cc(Cl)ccc12. The minimum absolute atomic E-state index is 0.280. The van der Waals surface area contributed by atoms with Crippen molar-refractivity contribution in [2.24, 2.45) is 11.7 Å². The molecule has 0 fully saturated rings. The summed E-state index contributed by atoms with van der Waals surface area (Å²) in [6.07, 6.45) is 3.26. The predicted octanol–water partition coefficient (Wildman–Crippen LogP) is 4.32. The first-order valence-electron chi connectivity index (χ1n) is 10.8. The van der Waals surface area contributed by atoms with Crippen LogP contribution in [0, 0.1) is 5.92 Å². The average Bonchev–Trinajstić information content (AvgIpc) is 2.76. The summed E-state index contributed by atoms with van der Waals surface area (Å²) in [5, 5.41) is 7.15. The Kier molecular flexibility index (Phi) is 8.20. The molecule has 3 rings (SSSR count). The Morgan fingerprint density at radius 3 is 2.53 bits per heavy atom. The van der Waals surface area contributed by atoms with Crippen LogP contribution in [0.25, 0.3) is 10.9 Å². The smallest absolute Gasteiger partial charge is 0.246 e. The number of anilines is 1. The molecule has 32 heavy (non-hydrogen) atoms. The third kappa shape index (κ3) is 6.52. The molecule has 0 saturated carbocycles. The molecule has 0 radical (unpaired) electrons. The normalized spacial score (nSPS) is 13.0. The molecule has 0 aliphatic carbocycles. The molecule has 0 aliphatic rings. The van der Waals surface area contributed by atoms with Crippen LogP contribution in [-0.4, -0.2) is 28.9 Å². The minimum atomic E-state index is -0.726. The summed E-state index contributed by atoms with van der Waals surface area (Å²) in [6.45, 7) is 4.01. The van der Waals surface area contributed by atoms with Gasteiger partial charge in [-0.25, -0.2) is 0 Å². The number of carbonyl (C=O) groups excluding carboxylic acids is 2. The lowest BCUT2D eigenvalue weighted by atomic mass is 10.0.